The zero-order valence-corrected chi connectivity index (χ0v) is 15.0. The van der Waals surface area contributed by atoms with Crippen molar-refractivity contribution in [2.75, 3.05) is 30.4 Å². The maximum absolute atomic E-state index is 11.7. The molecule has 1 aromatic carbocycles. The second-order valence-electron chi connectivity index (χ2n) is 6.14. The van der Waals surface area contributed by atoms with Gasteiger partial charge in [-0.2, -0.15) is 10.1 Å². The zero-order valence-electron chi connectivity index (χ0n) is 14.2. The van der Waals surface area contributed by atoms with E-state index in [9.17, 15) is 4.79 Å². The first kappa shape index (κ1) is 17.4. The van der Waals surface area contributed by atoms with Gasteiger partial charge in [-0.25, -0.2) is 4.79 Å². The number of benzene rings is 1. The second-order valence-corrected chi connectivity index (χ2v) is 6.55. The van der Waals surface area contributed by atoms with Crippen LogP contribution < -0.4 is 10.2 Å². The van der Waals surface area contributed by atoms with E-state index in [-0.39, 0.29) is 0 Å². The Kier molecular flexibility index (Phi) is 5.33. The van der Waals surface area contributed by atoms with Gasteiger partial charge in [0.15, 0.2) is 5.82 Å². The summed E-state index contributed by atoms with van der Waals surface area (Å²) in [5.41, 5.74) is 0.916. The highest BCUT2D eigenvalue weighted by atomic mass is 35.5. The maximum Gasteiger partial charge on any atom is 0.337 e. The lowest BCUT2D eigenvalue weighted by Gasteiger charge is -2.31. The van der Waals surface area contributed by atoms with E-state index in [1.54, 1.807) is 24.4 Å². The second kappa shape index (κ2) is 7.65. The summed E-state index contributed by atoms with van der Waals surface area (Å²) >= 11 is 6.20. The maximum atomic E-state index is 11.7. The lowest BCUT2D eigenvalue weighted by molar-refractivity contribution is 0.0601. The number of rotatable bonds is 4. The van der Waals surface area contributed by atoms with Crippen LogP contribution in [0.25, 0.3) is 0 Å². The smallest absolute Gasteiger partial charge is 0.337 e. The molecule has 25 heavy (non-hydrogen) atoms. The van der Waals surface area contributed by atoms with Gasteiger partial charge < -0.3 is 15.0 Å². The SMILES string of the molecule is COC(=O)c1ccc(Cl)c(Nc2nncc(N3CCCC(C)C3)n2)c1. The summed E-state index contributed by atoms with van der Waals surface area (Å²) in [5, 5.41) is 11.5. The molecule has 1 atom stereocenters. The van der Waals surface area contributed by atoms with Crippen molar-refractivity contribution in [2.45, 2.75) is 19.8 Å². The van der Waals surface area contributed by atoms with Crippen molar-refractivity contribution < 1.29 is 9.53 Å². The summed E-state index contributed by atoms with van der Waals surface area (Å²) < 4.78 is 4.73. The Morgan fingerprint density at radius 2 is 2.28 bits per heavy atom. The number of methoxy groups -OCH3 is 1. The Labute approximate surface area is 151 Å². The minimum Gasteiger partial charge on any atom is -0.465 e. The molecule has 1 N–H and O–H groups in total. The van der Waals surface area contributed by atoms with E-state index in [0.717, 1.165) is 25.3 Å². The highest BCUT2D eigenvalue weighted by Crippen LogP contribution is 2.27. The van der Waals surface area contributed by atoms with Crippen LogP contribution in [0.3, 0.4) is 0 Å². The standard InChI is InChI=1S/C17H20ClN5O2/c1-11-4-3-7-23(10-11)15-9-19-22-17(21-15)20-14-8-12(16(24)25-2)5-6-13(14)18/h5-6,8-9,11H,3-4,7,10H2,1-2H3,(H,20,21,22). The molecule has 0 spiro atoms. The average molecular weight is 362 g/mol. The predicted octanol–water partition coefficient (Wildman–Crippen LogP) is 3.29. The zero-order chi connectivity index (χ0) is 17.8. The Bertz CT molecular complexity index is 770. The number of piperidine rings is 1. The minimum atomic E-state index is -0.435. The van der Waals surface area contributed by atoms with Crippen LogP contribution in [0.2, 0.25) is 5.02 Å². The van der Waals surface area contributed by atoms with Crippen molar-refractivity contribution >= 4 is 35.0 Å². The third-order valence-corrected chi connectivity index (χ3v) is 4.49. The molecule has 1 aromatic heterocycles. The van der Waals surface area contributed by atoms with Gasteiger partial charge in [0.25, 0.3) is 0 Å². The number of aromatic nitrogens is 3. The van der Waals surface area contributed by atoms with Gasteiger partial charge in [0.05, 0.1) is 29.6 Å². The molecule has 0 aliphatic carbocycles. The van der Waals surface area contributed by atoms with Crippen molar-refractivity contribution in [1.82, 2.24) is 15.2 Å². The summed E-state index contributed by atoms with van der Waals surface area (Å²) in [6.45, 7) is 4.15. The van der Waals surface area contributed by atoms with Crippen molar-refractivity contribution in [3.63, 3.8) is 0 Å². The summed E-state index contributed by atoms with van der Waals surface area (Å²) in [7, 11) is 1.33. The molecule has 3 rings (SSSR count). The fourth-order valence-electron chi connectivity index (χ4n) is 2.88. The number of carbonyl (C=O) groups excluding carboxylic acids is 1. The summed E-state index contributed by atoms with van der Waals surface area (Å²) in [5.74, 6) is 1.31. The molecule has 1 aliphatic heterocycles. The van der Waals surface area contributed by atoms with Gasteiger partial charge in [-0.1, -0.05) is 18.5 Å². The first-order valence-corrected chi connectivity index (χ1v) is 8.54. The third kappa shape index (κ3) is 4.17. The fraction of sp³-hybridized carbons (Fsp3) is 0.412. The van der Waals surface area contributed by atoms with E-state index in [4.69, 9.17) is 16.3 Å². The Balaban J connectivity index is 1.81. The Morgan fingerprint density at radius 1 is 1.44 bits per heavy atom. The summed E-state index contributed by atoms with van der Waals surface area (Å²) in [4.78, 5) is 18.4. The molecule has 1 aliphatic rings. The highest BCUT2D eigenvalue weighted by Gasteiger charge is 2.18. The summed E-state index contributed by atoms with van der Waals surface area (Å²) in [6, 6.07) is 4.83. The number of nitrogens with zero attached hydrogens (tertiary/aromatic N) is 4. The normalized spacial score (nSPS) is 17.2. The molecule has 2 heterocycles. The summed E-state index contributed by atoms with van der Waals surface area (Å²) in [6.07, 6.45) is 4.03. The van der Waals surface area contributed by atoms with Crippen LogP contribution in [-0.2, 0) is 4.74 Å². The lowest BCUT2D eigenvalue weighted by Crippen LogP contribution is -2.35. The Morgan fingerprint density at radius 3 is 3.04 bits per heavy atom. The molecule has 1 saturated heterocycles. The fourth-order valence-corrected chi connectivity index (χ4v) is 3.05. The number of esters is 1. The van der Waals surface area contributed by atoms with Crippen LogP contribution in [0.15, 0.2) is 24.4 Å². The van der Waals surface area contributed by atoms with Crippen LogP contribution >= 0.6 is 11.6 Å². The number of anilines is 3. The van der Waals surface area contributed by atoms with Crippen LogP contribution in [0.5, 0.6) is 0 Å². The quantitative estimate of drug-likeness (QED) is 0.837. The number of halogens is 1. The van der Waals surface area contributed by atoms with E-state index in [1.807, 2.05) is 0 Å². The molecular weight excluding hydrogens is 342 g/mol. The van der Waals surface area contributed by atoms with E-state index in [1.165, 1.54) is 13.5 Å². The van der Waals surface area contributed by atoms with Gasteiger partial charge >= 0.3 is 5.97 Å². The first-order valence-electron chi connectivity index (χ1n) is 8.16. The van der Waals surface area contributed by atoms with Gasteiger partial charge in [-0.05, 0) is 37.0 Å². The van der Waals surface area contributed by atoms with Crippen LogP contribution in [-0.4, -0.2) is 41.3 Å². The third-order valence-electron chi connectivity index (χ3n) is 4.16. The molecule has 0 radical (unpaired) electrons. The number of nitrogens with one attached hydrogen (secondary N) is 1. The lowest BCUT2D eigenvalue weighted by atomic mass is 10.0. The molecule has 7 nitrogen and oxygen atoms in total. The van der Waals surface area contributed by atoms with Gasteiger partial charge in [0, 0.05) is 13.1 Å². The molecular formula is C17H20ClN5O2. The van der Waals surface area contributed by atoms with E-state index < -0.39 is 5.97 Å². The van der Waals surface area contributed by atoms with Crippen LogP contribution in [0.4, 0.5) is 17.5 Å². The van der Waals surface area contributed by atoms with Crippen molar-refractivity contribution in [3.05, 3.63) is 35.0 Å². The van der Waals surface area contributed by atoms with Gasteiger partial charge in [-0.15, -0.1) is 5.10 Å². The van der Waals surface area contributed by atoms with E-state index in [0.29, 0.717) is 28.1 Å². The molecule has 132 valence electrons. The van der Waals surface area contributed by atoms with Crippen LogP contribution in [0.1, 0.15) is 30.1 Å². The van der Waals surface area contributed by atoms with E-state index >= 15 is 0 Å². The van der Waals surface area contributed by atoms with Crippen molar-refractivity contribution in [3.8, 4) is 0 Å². The predicted molar refractivity (Wildman–Crippen MR) is 96.5 cm³/mol. The molecule has 0 saturated carbocycles. The molecule has 0 amide bonds. The minimum absolute atomic E-state index is 0.333. The highest BCUT2D eigenvalue weighted by molar-refractivity contribution is 6.33. The topological polar surface area (TPSA) is 80.2 Å². The monoisotopic (exact) mass is 361 g/mol. The van der Waals surface area contributed by atoms with Gasteiger partial charge in [0.1, 0.15) is 0 Å². The van der Waals surface area contributed by atoms with Crippen LogP contribution in [0, 0.1) is 5.92 Å². The van der Waals surface area contributed by atoms with Gasteiger partial charge in [-0.3, -0.25) is 0 Å². The molecule has 8 heteroatoms. The number of ether oxygens (including phenoxy) is 1. The molecule has 0 bridgehead atoms. The Hall–Kier alpha value is -2.41. The molecule has 1 unspecified atom stereocenters. The van der Waals surface area contributed by atoms with Gasteiger partial charge in [0.2, 0.25) is 5.95 Å². The van der Waals surface area contributed by atoms with Crippen molar-refractivity contribution in [2.24, 2.45) is 5.92 Å². The van der Waals surface area contributed by atoms with E-state index in [2.05, 4.69) is 32.3 Å². The number of hydrogen-bond acceptors (Lipinski definition) is 7. The number of hydrogen-bond donors (Lipinski definition) is 1. The first-order chi connectivity index (χ1) is 12.1. The molecule has 1 fully saturated rings. The average Bonchev–Trinajstić information content (AvgIpc) is 2.63. The van der Waals surface area contributed by atoms with Crippen molar-refractivity contribution in [1.29, 1.82) is 0 Å². The largest absolute Gasteiger partial charge is 0.465 e. The molecule has 2 aromatic rings. The number of carbonyl (C=O) groups is 1.